The SMILES string of the molecule is c1ccc(-n2c3ccccc3c3ccc(-n4c5cccc6c5c5c4cccc5n6-c4ccccc4-c4ccccc4-n4c5ccccc5c5ccccc54)cc32)cc1. The third-order valence-corrected chi connectivity index (χ3v) is 12.3. The fourth-order valence-corrected chi connectivity index (χ4v) is 10.0. The molecule has 0 bridgehead atoms. The number of fused-ring (bicyclic) bond motifs is 6. The van der Waals surface area contributed by atoms with Crippen molar-refractivity contribution in [3.8, 4) is 33.9 Å². The summed E-state index contributed by atoms with van der Waals surface area (Å²) in [6.45, 7) is 0. The first-order valence-corrected chi connectivity index (χ1v) is 20.0. The molecule has 4 aromatic heterocycles. The molecule has 0 saturated carbocycles. The monoisotopic (exact) mass is 738 g/mol. The van der Waals surface area contributed by atoms with Crippen LogP contribution in [-0.2, 0) is 0 Å². The predicted molar refractivity (Wildman–Crippen MR) is 243 cm³/mol. The van der Waals surface area contributed by atoms with Gasteiger partial charge < -0.3 is 18.3 Å². The molecule has 0 saturated heterocycles. The van der Waals surface area contributed by atoms with Crippen molar-refractivity contribution in [2.75, 3.05) is 0 Å². The fraction of sp³-hybridized carbons (Fsp3) is 0. The first kappa shape index (κ1) is 31.4. The summed E-state index contributed by atoms with van der Waals surface area (Å²) in [6.07, 6.45) is 0. The molecule has 9 aromatic carbocycles. The molecular formula is C54H34N4. The van der Waals surface area contributed by atoms with E-state index in [9.17, 15) is 0 Å². The first-order chi connectivity index (χ1) is 28.8. The summed E-state index contributed by atoms with van der Waals surface area (Å²) >= 11 is 0. The summed E-state index contributed by atoms with van der Waals surface area (Å²) in [5.41, 5.74) is 16.6. The smallest absolute Gasteiger partial charge is 0.0563 e. The van der Waals surface area contributed by atoms with Crippen LogP contribution in [0.3, 0.4) is 0 Å². The van der Waals surface area contributed by atoms with Crippen molar-refractivity contribution >= 4 is 76.5 Å². The second-order valence-electron chi connectivity index (χ2n) is 15.3. The normalized spacial score (nSPS) is 12.1. The summed E-state index contributed by atoms with van der Waals surface area (Å²) in [5, 5.41) is 7.59. The fourth-order valence-electron chi connectivity index (χ4n) is 10.0. The highest BCUT2D eigenvalue weighted by Gasteiger charge is 2.25. The lowest BCUT2D eigenvalue weighted by Crippen LogP contribution is -2.02. The van der Waals surface area contributed by atoms with Crippen LogP contribution in [0.25, 0.3) is 110 Å². The predicted octanol–water partition coefficient (Wildman–Crippen LogP) is 14.0. The van der Waals surface area contributed by atoms with Crippen molar-refractivity contribution in [1.82, 2.24) is 18.3 Å². The standard InChI is InChI=1S/C54H34N4/c1-2-16-35(17-3-1)55-43-23-9-4-22-41(43)42-33-32-36(34-52(42)55)56-48-28-14-30-50-53(48)54-49(56)29-15-31-51(54)58(50)47-27-13-8-21-40(47)39-20-7-12-26-46(39)57-44-24-10-5-18-37(44)38-19-6-11-25-45(38)57/h1-34H. The van der Waals surface area contributed by atoms with Gasteiger partial charge in [0.2, 0.25) is 0 Å². The van der Waals surface area contributed by atoms with Gasteiger partial charge >= 0.3 is 0 Å². The van der Waals surface area contributed by atoms with Gasteiger partial charge in [0, 0.05) is 54.8 Å². The quantitative estimate of drug-likeness (QED) is 0.168. The van der Waals surface area contributed by atoms with Crippen LogP contribution in [0.1, 0.15) is 0 Å². The lowest BCUT2D eigenvalue weighted by molar-refractivity contribution is 1.14. The molecule has 0 aliphatic rings. The number of aromatic nitrogens is 4. The van der Waals surface area contributed by atoms with Crippen LogP contribution in [0.15, 0.2) is 206 Å². The topological polar surface area (TPSA) is 19.7 Å². The molecule has 270 valence electrons. The lowest BCUT2D eigenvalue weighted by atomic mass is 10.0. The molecule has 0 aliphatic heterocycles. The lowest BCUT2D eigenvalue weighted by Gasteiger charge is -2.19. The Morgan fingerprint density at radius 3 is 1.16 bits per heavy atom. The highest BCUT2D eigenvalue weighted by atomic mass is 15.0. The van der Waals surface area contributed by atoms with Gasteiger partial charge in [0.25, 0.3) is 0 Å². The summed E-state index contributed by atoms with van der Waals surface area (Å²) in [7, 11) is 0. The number of para-hydroxylation sites is 6. The Bertz CT molecular complexity index is 3620. The van der Waals surface area contributed by atoms with E-state index in [4.69, 9.17) is 0 Å². The van der Waals surface area contributed by atoms with Crippen LogP contribution < -0.4 is 0 Å². The molecule has 4 heteroatoms. The van der Waals surface area contributed by atoms with E-state index in [1.807, 2.05) is 0 Å². The van der Waals surface area contributed by atoms with Crippen LogP contribution in [0.5, 0.6) is 0 Å². The Labute approximate surface area is 333 Å². The van der Waals surface area contributed by atoms with Gasteiger partial charge in [0.15, 0.2) is 0 Å². The van der Waals surface area contributed by atoms with Crippen molar-refractivity contribution in [2.45, 2.75) is 0 Å². The van der Waals surface area contributed by atoms with Gasteiger partial charge in [0.05, 0.1) is 55.5 Å². The Kier molecular flexibility index (Phi) is 6.41. The van der Waals surface area contributed by atoms with Crippen LogP contribution in [0.2, 0.25) is 0 Å². The van der Waals surface area contributed by atoms with Gasteiger partial charge in [-0.2, -0.15) is 0 Å². The Morgan fingerprint density at radius 2 is 0.603 bits per heavy atom. The molecule has 0 radical (unpaired) electrons. The van der Waals surface area contributed by atoms with E-state index < -0.39 is 0 Å². The zero-order chi connectivity index (χ0) is 37.9. The van der Waals surface area contributed by atoms with Crippen molar-refractivity contribution in [2.24, 2.45) is 0 Å². The third kappa shape index (κ3) is 4.18. The Morgan fingerprint density at radius 1 is 0.224 bits per heavy atom. The van der Waals surface area contributed by atoms with E-state index in [1.54, 1.807) is 0 Å². The maximum absolute atomic E-state index is 2.49. The highest BCUT2D eigenvalue weighted by Crippen LogP contribution is 2.45. The van der Waals surface area contributed by atoms with Crippen LogP contribution in [0.4, 0.5) is 0 Å². The highest BCUT2D eigenvalue weighted by molar-refractivity contribution is 6.25. The average molecular weight is 739 g/mol. The van der Waals surface area contributed by atoms with Gasteiger partial charge in [-0.1, -0.05) is 127 Å². The average Bonchev–Trinajstić information content (AvgIpc) is 4.02. The first-order valence-electron chi connectivity index (χ1n) is 20.0. The van der Waals surface area contributed by atoms with E-state index in [1.165, 1.54) is 87.6 Å². The van der Waals surface area contributed by atoms with Gasteiger partial charge in [-0.15, -0.1) is 0 Å². The number of hydrogen-bond acceptors (Lipinski definition) is 0. The molecule has 0 aliphatic carbocycles. The molecule has 0 amide bonds. The Balaban J connectivity index is 1.05. The maximum atomic E-state index is 2.49. The minimum Gasteiger partial charge on any atom is -0.309 e. The molecule has 13 rings (SSSR count). The molecule has 0 N–H and O–H groups in total. The van der Waals surface area contributed by atoms with Gasteiger partial charge in [0.1, 0.15) is 0 Å². The molecule has 0 atom stereocenters. The van der Waals surface area contributed by atoms with Gasteiger partial charge in [-0.3, -0.25) is 0 Å². The zero-order valence-corrected chi connectivity index (χ0v) is 31.4. The summed E-state index contributed by atoms with van der Waals surface area (Å²) < 4.78 is 9.79. The molecule has 4 nitrogen and oxygen atoms in total. The zero-order valence-electron chi connectivity index (χ0n) is 31.4. The van der Waals surface area contributed by atoms with Gasteiger partial charge in [-0.05, 0) is 78.9 Å². The molecule has 13 aromatic rings. The third-order valence-electron chi connectivity index (χ3n) is 12.3. The van der Waals surface area contributed by atoms with Crippen molar-refractivity contribution < 1.29 is 0 Å². The molecule has 58 heavy (non-hydrogen) atoms. The summed E-state index contributed by atoms with van der Waals surface area (Å²) in [5.74, 6) is 0. The molecule has 0 unspecified atom stereocenters. The van der Waals surface area contributed by atoms with Gasteiger partial charge in [-0.25, -0.2) is 0 Å². The largest absolute Gasteiger partial charge is 0.309 e. The second-order valence-corrected chi connectivity index (χ2v) is 15.3. The number of rotatable bonds is 5. The van der Waals surface area contributed by atoms with Crippen molar-refractivity contribution in [1.29, 1.82) is 0 Å². The van der Waals surface area contributed by atoms with Crippen LogP contribution in [-0.4, -0.2) is 18.3 Å². The minimum atomic E-state index is 1.15. The number of hydrogen-bond donors (Lipinski definition) is 0. The van der Waals surface area contributed by atoms with E-state index in [0.29, 0.717) is 0 Å². The van der Waals surface area contributed by atoms with Crippen molar-refractivity contribution in [3.63, 3.8) is 0 Å². The summed E-state index contributed by atoms with van der Waals surface area (Å²) in [4.78, 5) is 0. The minimum absolute atomic E-state index is 1.15. The number of nitrogens with zero attached hydrogens (tertiary/aromatic N) is 4. The molecule has 4 heterocycles. The summed E-state index contributed by atoms with van der Waals surface area (Å²) in [6, 6.07) is 75.3. The molecular weight excluding hydrogens is 705 g/mol. The van der Waals surface area contributed by atoms with Crippen LogP contribution in [0, 0.1) is 0 Å². The van der Waals surface area contributed by atoms with E-state index in [0.717, 1.165) is 22.7 Å². The van der Waals surface area contributed by atoms with Crippen LogP contribution >= 0.6 is 0 Å². The molecule has 0 spiro atoms. The van der Waals surface area contributed by atoms with Crippen molar-refractivity contribution in [3.05, 3.63) is 206 Å². The molecule has 0 fully saturated rings. The number of benzene rings is 9. The van der Waals surface area contributed by atoms with E-state index in [-0.39, 0.29) is 0 Å². The maximum Gasteiger partial charge on any atom is 0.0563 e. The Hall–Kier alpha value is -7.82. The van der Waals surface area contributed by atoms with E-state index in [2.05, 4.69) is 225 Å². The second kappa shape index (κ2) is 11.8. The van der Waals surface area contributed by atoms with E-state index >= 15 is 0 Å².